The molecule has 3 heterocycles. The molecule has 0 saturated heterocycles. The lowest BCUT2D eigenvalue weighted by atomic mass is 10.1. The van der Waals surface area contributed by atoms with E-state index in [9.17, 15) is 0 Å². The Bertz CT molecular complexity index is 2350. The van der Waals surface area contributed by atoms with E-state index in [0.29, 0.717) is 0 Å². The van der Waals surface area contributed by atoms with Gasteiger partial charge in [0, 0.05) is 74.8 Å². The van der Waals surface area contributed by atoms with Crippen molar-refractivity contribution in [1.82, 2.24) is 9.13 Å². The smallest absolute Gasteiger partial charge is 0.0509 e. The lowest BCUT2D eigenvalue weighted by Gasteiger charge is -2.08. The summed E-state index contributed by atoms with van der Waals surface area (Å²) in [6.07, 6.45) is 0. The summed E-state index contributed by atoms with van der Waals surface area (Å²) in [7, 11) is 0. The average Bonchev–Trinajstić information content (AvgIpc) is 3.63. The van der Waals surface area contributed by atoms with E-state index < -0.39 is 0 Å². The van der Waals surface area contributed by atoms with Crippen LogP contribution in [-0.4, -0.2) is 9.13 Å². The van der Waals surface area contributed by atoms with Gasteiger partial charge in [0.2, 0.25) is 0 Å². The number of benzene rings is 6. The second-order valence-electron chi connectivity index (χ2n) is 11.3. The summed E-state index contributed by atoms with van der Waals surface area (Å²) in [6, 6.07) is 44.6. The first-order valence-electron chi connectivity index (χ1n) is 14.4. The zero-order valence-corrected chi connectivity index (χ0v) is 27.0. The van der Waals surface area contributed by atoms with Crippen molar-refractivity contribution < 1.29 is 0 Å². The molecule has 0 saturated carbocycles. The number of hydrogen-bond donors (Lipinski definition) is 0. The first-order valence-corrected chi connectivity index (χ1v) is 16.8. The van der Waals surface area contributed by atoms with Gasteiger partial charge in [-0.25, -0.2) is 0 Å². The molecule has 3 aromatic heterocycles. The molecule has 0 radical (unpaired) electrons. The molecule has 5 heteroatoms. The molecule has 0 amide bonds. The minimum atomic E-state index is 0.841. The fourth-order valence-electron chi connectivity index (χ4n) is 6.78. The van der Waals surface area contributed by atoms with Crippen LogP contribution < -0.4 is 0 Å². The van der Waals surface area contributed by atoms with Crippen LogP contribution in [0.2, 0.25) is 0 Å². The zero-order valence-electron chi connectivity index (χ0n) is 23.0. The molecule has 0 spiro atoms. The Hall–Kier alpha value is -3.90. The standard InChI is InChI=1S/C38H24Br2N2S/c39-25-11-13-33-27(15-25)29-17-31-32-18-30-28-16-26(40)12-14-34(28)42(22-24-9-5-2-6-10-24)36(30)20-38(32)43-37(31)19-35(29)41(33)21-23-7-3-1-4-8-23/h1-20H,21-22H2. The van der Waals surface area contributed by atoms with Gasteiger partial charge in [0.25, 0.3) is 0 Å². The highest BCUT2D eigenvalue weighted by atomic mass is 79.9. The van der Waals surface area contributed by atoms with Crippen LogP contribution in [0.3, 0.4) is 0 Å². The summed E-state index contributed by atoms with van der Waals surface area (Å²) in [4.78, 5) is 0. The predicted octanol–water partition coefficient (Wildman–Crippen LogP) is 11.9. The summed E-state index contributed by atoms with van der Waals surface area (Å²) in [6.45, 7) is 1.68. The highest BCUT2D eigenvalue weighted by molar-refractivity contribution is 9.10. The van der Waals surface area contributed by atoms with E-state index in [2.05, 4.69) is 162 Å². The third-order valence-corrected chi connectivity index (χ3v) is 10.8. The lowest BCUT2D eigenvalue weighted by molar-refractivity contribution is 0.869. The summed E-state index contributed by atoms with van der Waals surface area (Å²) in [5.41, 5.74) is 7.70. The summed E-state index contributed by atoms with van der Waals surface area (Å²) < 4.78 is 9.81. The number of hydrogen-bond acceptors (Lipinski definition) is 1. The largest absolute Gasteiger partial charge is 0.336 e. The number of halogens is 2. The molecule has 0 bridgehead atoms. The van der Waals surface area contributed by atoms with Gasteiger partial charge in [0.1, 0.15) is 0 Å². The first kappa shape index (κ1) is 25.6. The molecule has 0 aliphatic carbocycles. The van der Waals surface area contributed by atoms with Crippen LogP contribution in [0.15, 0.2) is 130 Å². The van der Waals surface area contributed by atoms with Crippen LogP contribution in [0.1, 0.15) is 11.1 Å². The van der Waals surface area contributed by atoms with E-state index in [-0.39, 0.29) is 0 Å². The van der Waals surface area contributed by atoms with Crippen LogP contribution in [0.5, 0.6) is 0 Å². The molecular weight excluding hydrogens is 676 g/mol. The molecule has 0 aliphatic heterocycles. The van der Waals surface area contributed by atoms with Crippen molar-refractivity contribution in [2.75, 3.05) is 0 Å². The van der Waals surface area contributed by atoms with Crippen molar-refractivity contribution in [3.63, 3.8) is 0 Å². The maximum atomic E-state index is 3.74. The molecule has 0 atom stereocenters. The van der Waals surface area contributed by atoms with Gasteiger partial charge in [-0.3, -0.25) is 0 Å². The van der Waals surface area contributed by atoms with Gasteiger partial charge in [0.15, 0.2) is 0 Å². The molecule has 0 unspecified atom stereocenters. The van der Waals surface area contributed by atoms with Crippen LogP contribution in [0, 0.1) is 0 Å². The average molecular weight is 700 g/mol. The number of fused-ring (bicyclic) bond motifs is 9. The van der Waals surface area contributed by atoms with Gasteiger partial charge in [0.05, 0.1) is 11.0 Å². The van der Waals surface area contributed by atoms with E-state index in [1.165, 1.54) is 74.9 Å². The maximum Gasteiger partial charge on any atom is 0.0509 e. The third kappa shape index (κ3) is 4.10. The van der Waals surface area contributed by atoms with Crippen molar-refractivity contribution in [1.29, 1.82) is 0 Å². The second kappa shape index (κ2) is 9.81. The summed E-state index contributed by atoms with van der Waals surface area (Å²) in [5.74, 6) is 0. The fourth-order valence-corrected chi connectivity index (χ4v) is 8.63. The Morgan fingerprint density at radius 3 is 1.28 bits per heavy atom. The van der Waals surface area contributed by atoms with Crippen LogP contribution >= 0.6 is 43.2 Å². The Morgan fingerprint density at radius 1 is 0.419 bits per heavy atom. The highest BCUT2D eigenvalue weighted by Gasteiger charge is 2.18. The normalized spacial score (nSPS) is 12.1. The Kier molecular flexibility index (Phi) is 5.84. The van der Waals surface area contributed by atoms with E-state index >= 15 is 0 Å². The Balaban J connectivity index is 1.33. The van der Waals surface area contributed by atoms with Crippen molar-refractivity contribution in [2.45, 2.75) is 13.1 Å². The molecular formula is C38H24Br2N2S. The summed E-state index contributed by atoms with van der Waals surface area (Å²) >= 11 is 9.39. The van der Waals surface area contributed by atoms with Crippen LogP contribution in [0.25, 0.3) is 63.8 Å². The second-order valence-corrected chi connectivity index (χ2v) is 14.2. The predicted molar refractivity (Wildman–Crippen MR) is 192 cm³/mol. The zero-order chi connectivity index (χ0) is 28.7. The summed E-state index contributed by atoms with van der Waals surface area (Å²) in [5, 5.41) is 7.82. The van der Waals surface area contributed by atoms with Crippen molar-refractivity contribution in [2.24, 2.45) is 0 Å². The van der Waals surface area contributed by atoms with Gasteiger partial charge in [-0.2, -0.15) is 0 Å². The number of nitrogens with zero attached hydrogens (tertiary/aromatic N) is 2. The number of aromatic nitrogens is 2. The monoisotopic (exact) mass is 698 g/mol. The van der Waals surface area contributed by atoms with Crippen LogP contribution in [-0.2, 0) is 13.1 Å². The third-order valence-electron chi connectivity index (χ3n) is 8.73. The number of thiophene rings is 1. The lowest BCUT2D eigenvalue weighted by Crippen LogP contribution is -1.98. The van der Waals surface area contributed by atoms with Gasteiger partial charge in [-0.15, -0.1) is 11.3 Å². The topological polar surface area (TPSA) is 9.86 Å². The highest BCUT2D eigenvalue weighted by Crippen LogP contribution is 2.43. The maximum absolute atomic E-state index is 3.74. The fraction of sp³-hybridized carbons (Fsp3) is 0.0526. The van der Waals surface area contributed by atoms with Crippen molar-refractivity contribution in [3.8, 4) is 0 Å². The molecule has 9 rings (SSSR count). The van der Waals surface area contributed by atoms with Crippen molar-refractivity contribution in [3.05, 3.63) is 141 Å². The van der Waals surface area contributed by atoms with Gasteiger partial charge >= 0.3 is 0 Å². The van der Waals surface area contributed by atoms with Crippen LogP contribution in [0.4, 0.5) is 0 Å². The Morgan fingerprint density at radius 2 is 0.837 bits per heavy atom. The van der Waals surface area contributed by atoms with E-state index in [1.54, 1.807) is 0 Å². The SMILES string of the molecule is Brc1ccc2c(c1)c1cc3c(cc1n2Cc1ccccc1)sc1cc2c(cc13)c1cc(Br)ccc1n2Cc1ccccc1. The van der Waals surface area contributed by atoms with E-state index in [0.717, 1.165) is 22.0 Å². The minimum absolute atomic E-state index is 0.841. The minimum Gasteiger partial charge on any atom is -0.336 e. The van der Waals surface area contributed by atoms with E-state index in [4.69, 9.17) is 0 Å². The molecule has 6 aromatic carbocycles. The van der Waals surface area contributed by atoms with Gasteiger partial charge in [-0.1, -0.05) is 92.5 Å². The number of rotatable bonds is 4. The van der Waals surface area contributed by atoms with Gasteiger partial charge in [-0.05, 0) is 71.8 Å². The molecule has 9 aromatic rings. The Labute approximate surface area is 269 Å². The molecule has 0 N–H and O–H groups in total. The first-order chi connectivity index (χ1) is 21.1. The molecule has 206 valence electrons. The molecule has 2 nitrogen and oxygen atoms in total. The molecule has 0 aliphatic rings. The van der Waals surface area contributed by atoms with E-state index in [1.807, 2.05) is 11.3 Å². The molecule has 43 heavy (non-hydrogen) atoms. The molecule has 0 fully saturated rings. The van der Waals surface area contributed by atoms with Gasteiger partial charge < -0.3 is 9.13 Å². The quantitative estimate of drug-likeness (QED) is 0.173. The van der Waals surface area contributed by atoms with Crippen molar-refractivity contribution >= 4 is 107 Å².